The van der Waals surface area contributed by atoms with Crippen LogP contribution in [0, 0.1) is 0 Å². The third-order valence-electron chi connectivity index (χ3n) is 9.11. The molecule has 2 saturated heterocycles. The molecule has 1 aromatic rings. The minimum atomic E-state index is -1.23. The first-order chi connectivity index (χ1) is 27.3. The lowest BCUT2D eigenvalue weighted by atomic mass is 9.90. The molecule has 0 radical (unpaired) electrons. The standard InChI is InChI=1S/C40H54O18/c1-21(41)49-19-33-37(53-25(5)45)39(55-27(7)47)35(51-23(3)43)31(57-33)13-9-11-29-15-17-30(18-16-29)12-10-14-32-36(52-24(4)44)40(56-28(8)48)38(54-26(6)46)34(58-32)20-50-22(2)42/h15-18,31-40H,9-14,19-20H2,1-8H3/t31-,32-,33-,34-,35-,36-,37-,38-,39-,40+/m1/s1. The molecular weight excluding hydrogens is 768 g/mol. The Morgan fingerprint density at radius 1 is 0.397 bits per heavy atom. The largest absolute Gasteiger partial charge is 0.463 e. The van der Waals surface area contributed by atoms with Crippen molar-refractivity contribution in [1.82, 2.24) is 0 Å². The van der Waals surface area contributed by atoms with Crippen molar-refractivity contribution < 1.29 is 85.7 Å². The number of esters is 8. The summed E-state index contributed by atoms with van der Waals surface area (Å²) >= 11 is 0. The molecule has 18 nitrogen and oxygen atoms in total. The van der Waals surface area contributed by atoms with E-state index in [1.165, 1.54) is 41.5 Å². The monoisotopic (exact) mass is 822 g/mol. The molecule has 1 aromatic carbocycles. The van der Waals surface area contributed by atoms with E-state index in [1.54, 1.807) is 0 Å². The minimum absolute atomic E-state index is 0.302. The fraction of sp³-hybridized carbons (Fsp3) is 0.650. The van der Waals surface area contributed by atoms with Gasteiger partial charge in [0.1, 0.15) is 25.4 Å². The lowest BCUT2D eigenvalue weighted by Gasteiger charge is -2.44. The normalized spacial score (nSPS) is 26.6. The second-order valence-corrected chi connectivity index (χ2v) is 14.1. The van der Waals surface area contributed by atoms with E-state index < -0.39 is 109 Å². The van der Waals surface area contributed by atoms with Crippen LogP contribution in [0.3, 0.4) is 0 Å². The minimum Gasteiger partial charge on any atom is -0.463 e. The Hall–Kier alpha value is -5.10. The molecule has 58 heavy (non-hydrogen) atoms. The fourth-order valence-electron chi connectivity index (χ4n) is 6.99. The van der Waals surface area contributed by atoms with Gasteiger partial charge in [-0.3, -0.25) is 38.4 Å². The van der Waals surface area contributed by atoms with Crippen LogP contribution in [-0.2, 0) is 98.6 Å². The Labute approximate surface area is 336 Å². The van der Waals surface area contributed by atoms with Gasteiger partial charge < -0.3 is 47.4 Å². The summed E-state index contributed by atoms with van der Waals surface area (Å²) in [6, 6.07) is 7.82. The molecule has 322 valence electrons. The molecule has 3 rings (SSSR count). The number of hydrogen-bond acceptors (Lipinski definition) is 18. The Balaban J connectivity index is 1.70. The van der Waals surface area contributed by atoms with Crippen LogP contribution < -0.4 is 0 Å². The molecule has 0 bridgehead atoms. The fourth-order valence-corrected chi connectivity index (χ4v) is 6.99. The molecule has 0 N–H and O–H groups in total. The molecular formula is C40H54O18. The van der Waals surface area contributed by atoms with Gasteiger partial charge in [-0.25, -0.2) is 0 Å². The zero-order valence-electron chi connectivity index (χ0n) is 34.1. The maximum Gasteiger partial charge on any atom is 0.303 e. The molecule has 2 fully saturated rings. The highest BCUT2D eigenvalue weighted by Crippen LogP contribution is 2.33. The second kappa shape index (κ2) is 22.7. The van der Waals surface area contributed by atoms with Gasteiger partial charge in [-0.1, -0.05) is 24.3 Å². The summed E-state index contributed by atoms with van der Waals surface area (Å²) in [5, 5.41) is 0. The molecule has 2 aliphatic heterocycles. The Morgan fingerprint density at radius 3 is 0.914 bits per heavy atom. The van der Waals surface area contributed by atoms with Gasteiger partial charge in [0.2, 0.25) is 0 Å². The van der Waals surface area contributed by atoms with Crippen LogP contribution in [0.4, 0.5) is 0 Å². The number of benzene rings is 1. The topological polar surface area (TPSA) is 229 Å². The first-order valence-corrected chi connectivity index (χ1v) is 19.0. The molecule has 0 amide bonds. The lowest BCUT2D eigenvalue weighted by molar-refractivity contribution is -0.253. The van der Waals surface area contributed by atoms with Gasteiger partial charge in [0.05, 0.1) is 12.2 Å². The molecule has 18 heteroatoms. The van der Waals surface area contributed by atoms with E-state index in [-0.39, 0.29) is 13.2 Å². The number of hydrogen-bond donors (Lipinski definition) is 0. The first-order valence-electron chi connectivity index (χ1n) is 19.0. The average Bonchev–Trinajstić information content (AvgIpc) is 3.10. The first kappa shape index (κ1) is 47.3. The van der Waals surface area contributed by atoms with Crippen LogP contribution in [0.1, 0.15) is 92.2 Å². The van der Waals surface area contributed by atoms with Gasteiger partial charge in [-0.05, 0) is 49.7 Å². The third-order valence-corrected chi connectivity index (χ3v) is 9.11. The van der Waals surface area contributed by atoms with Crippen molar-refractivity contribution in [1.29, 1.82) is 0 Å². The van der Waals surface area contributed by atoms with Crippen molar-refractivity contribution in [2.24, 2.45) is 0 Å². The van der Waals surface area contributed by atoms with Crippen molar-refractivity contribution >= 4 is 47.8 Å². The number of rotatable bonds is 18. The van der Waals surface area contributed by atoms with Crippen molar-refractivity contribution in [3.8, 4) is 0 Å². The maximum atomic E-state index is 12.2. The van der Waals surface area contributed by atoms with Gasteiger partial charge >= 0.3 is 47.8 Å². The average molecular weight is 823 g/mol. The quantitative estimate of drug-likeness (QED) is 0.153. The molecule has 0 spiro atoms. The summed E-state index contributed by atoms with van der Waals surface area (Å²) in [5.74, 6) is -5.35. The second-order valence-electron chi connectivity index (χ2n) is 14.1. The zero-order chi connectivity index (χ0) is 43.1. The number of carbonyl (C=O) groups is 8. The van der Waals surface area contributed by atoms with Crippen LogP contribution in [0.2, 0.25) is 0 Å². The predicted molar refractivity (Wildman–Crippen MR) is 196 cm³/mol. The van der Waals surface area contributed by atoms with Gasteiger partial charge in [0, 0.05) is 55.4 Å². The molecule has 2 heterocycles. The highest BCUT2D eigenvalue weighted by atomic mass is 16.7. The predicted octanol–water partition coefficient (Wildman–Crippen LogP) is 2.58. The summed E-state index contributed by atoms with van der Waals surface area (Å²) in [5.41, 5.74) is 1.96. The summed E-state index contributed by atoms with van der Waals surface area (Å²) < 4.78 is 55.8. The molecule has 2 aliphatic rings. The van der Waals surface area contributed by atoms with Crippen LogP contribution in [-0.4, -0.2) is 122 Å². The lowest BCUT2D eigenvalue weighted by Crippen LogP contribution is -2.62. The van der Waals surface area contributed by atoms with E-state index in [4.69, 9.17) is 47.4 Å². The smallest absolute Gasteiger partial charge is 0.303 e. The summed E-state index contributed by atoms with van der Waals surface area (Å²) in [6.45, 7) is 8.85. The van der Waals surface area contributed by atoms with Gasteiger partial charge in [-0.2, -0.15) is 0 Å². The molecule has 0 aromatic heterocycles. The molecule has 10 atom stereocenters. The summed E-state index contributed by atoms with van der Waals surface area (Å²) in [7, 11) is 0. The summed E-state index contributed by atoms with van der Waals surface area (Å²) in [6.07, 6.45) is -7.89. The Bertz CT molecular complexity index is 1490. The van der Waals surface area contributed by atoms with Crippen LogP contribution >= 0.6 is 0 Å². The van der Waals surface area contributed by atoms with Crippen molar-refractivity contribution in [2.45, 2.75) is 155 Å². The number of carbonyl (C=O) groups excluding carboxylic acids is 8. The van der Waals surface area contributed by atoms with Crippen molar-refractivity contribution in [2.75, 3.05) is 13.2 Å². The van der Waals surface area contributed by atoms with E-state index >= 15 is 0 Å². The number of aryl methyl sites for hydroxylation is 2. The van der Waals surface area contributed by atoms with E-state index in [1.807, 2.05) is 24.3 Å². The van der Waals surface area contributed by atoms with Gasteiger partial charge in [-0.15, -0.1) is 0 Å². The van der Waals surface area contributed by atoms with Crippen LogP contribution in [0.25, 0.3) is 0 Å². The van der Waals surface area contributed by atoms with Crippen LogP contribution in [0.15, 0.2) is 24.3 Å². The molecule has 0 aliphatic carbocycles. The Kier molecular flexibility index (Phi) is 18.5. The van der Waals surface area contributed by atoms with Gasteiger partial charge in [0.25, 0.3) is 0 Å². The Morgan fingerprint density at radius 2 is 0.655 bits per heavy atom. The maximum absolute atomic E-state index is 12.2. The highest BCUT2D eigenvalue weighted by Gasteiger charge is 2.53. The van der Waals surface area contributed by atoms with E-state index in [9.17, 15) is 38.4 Å². The van der Waals surface area contributed by atoms with Gasteiger partial charge in [0.15, 0.2) is 36.6 Å². The number of ether oxygens (including phenoxy) is 10. The van der Waals surface area contributed by atoms with E-state index in [0.29, 0.717) is 38.5 Å². The SMILES string of the molecule is CC(=O)OC[C@H]1O[C@H](CCCc2ccc(CCC[C@H]3O[C@H](COC(C)=O)[C@@H](OC(C)=O)[C@@H](OC(C)=O)[C@@H]3OC(C)=O)cc2)[C@@H](OC(C)=O)[C@@H](OC(C)=O)[C@@H]1OC(C)=O. The van der Waals surface area contributed by atoms with Crippen LogP contribution in [0.5, 0.6) is 0 Å². The molecule has 0 unspecified atom stereocenters. The molecule has 0 saturated carbocycles. The third kappa shape index (κ3) is 15.3. The zero-order valence-corrected chi connectivity index (χ0v) is 34.1. The highest BCUT2D eigenvalue weighted by molar-refractivity contribution is 5.70. The van der Waals surface area contributed by atoms with E-state index in [0.717, 1.165) is 25.0 Å². The van der Waals surface area contributed by atoms with Crippen molar-refractivity contribution in [3.63, 3.8) is 0 Å². The van der Waals surface area contributed by atoms with E-state index in [2.05, 4.69) is 0 Å². The summed E-state index contributed by atoms with van der Waals surface area (Å²) in [4.78, 5) is 95.8. The van der Waals surface area contributed by atoms with Crippen molar-refractivity contribution in [3.05, 3.63) is 35.4 Å².